The van der Waals surface area contributed by atoms with Crippen LogP contribution in [0.3, 0.4) is 0 Å². The normalized spacial score (nSPS) is 39.0. The van der Waals surface area contributed by atoms with Crippen LogP contribution in [0, 0.1) is 0 Å². The molecule has 1 atom stereocenters. The second kappa shape index (κ2) is 1.70. The van der Waals surface area contributed by atoms with Crippen LogP contribution < -0.4 is 11.1 Å². The Bertz CT molecular complexity index is 108. The van der Waals surface area contributed by atoms with Gasteiger partial charge in [-0.3, -0.25) is 0 Å². The minimum Gasteiger partial charge on any atom is -0.327 e. The Hall–Kier alpha value is -0.0800. The fraction of sp³-hybridized carbons (Fsp3) is 1.00. The van der Waals surface area contributed by atoms with Crippen LogP contribution in [0.25, 0.3) is 0 Å². The number of piperidine rings is 1. The van der Waals surface area contributed by atoms with E-state index in [1.54, 1.807) is 0 Å². The van der Waals surface area contributed by atoms with E-state index in [1.165, 1.54) is 25.7 Å². The lowest BCUT2D eigenvalue weighted by Crippen LogP contribution is -2.46. The lowest BCUT2D eigenvalue weighted by atomic mass is 10.00. The zero-order chi connectivity index (χ0) is 6.32. The minimum atomic E-state index is 0.427. The van der Waals surface area contributed by atoms with Crippen LogP contribution in [0.2, 0.25) is 0 Å². The monoisotopic (exact) mass is 126 g/mol. The van der Waals surface area contributed by atoms with E-state index in [0.29, 0.717) is 11.6 Å². The van der Waals surface area contributed by atoms with Crippen molar-refractivity contribution in [2.45, 2.75) is 37.3 Å². The van der Waals surface area contributed by atoms with Crippen molar-refractivity contribution in [1.82, 2.24) is 5.32 Å². The quantitative estimate of drug-likeness (QED) is 0.487. The molecule has 1 aliphatic heterocycles. The molecule has 1 saturated heterocycles. The largest absolute Gasteiger partial charge is 0.327 e. The second-order valence-electron chi connectivity index (χ2n) is 3.46. The van der Waals surface area contributed by atoms with Crippen molar-refractivity contribution >= 4 is 0 Å². The molecule has 52 valence electrons. The van der Waals surface area contributed by atoms with Gasteiger partial charge in [0.2, 0.25) is 0 Å². The highest BCUT2D eigenvalue weighted by Gasteiger charge is 2.43. The molecule has 2 nitrogen and oxygen atoms in total. The summed E-state index contributed by atoms with van der Waals surface area (Å²) in [6.07, 6.45) is 5.32. The molecule has 0 unspecified atom stereocenters. The summed E-state index contributed by atoms with van der Waals surface area (Å²) in [5.74, 6) is 0. The molecule has 0 amide bonds. The van der Waals surface area contributed by atoms with Crippen molar-refractivity contribution in [2.75, 3.05) is 6.54 Å². The SMILES string of the molecule is N[C@@H]1CCC2(CC2)NC1. The van der Waals surface area contributed by atoms with Gasteiger partial charge in [-0.1, -0.05) is 0 Å². The van der Waals surface area contributed by atoms with E-state index in [2.05, 4.69) is 5.32 Å². The molecule has 0 bridgehead atoms. The van der Waals surface area contributed by atoms with E-state index in [9.17, 15) is 0 Å². The van der Waals surface area contributed by atoms with E-state index in [-0.39, 0.29) is 0 Å². The maximum Gasteiger partial charge on any atom is 0.0184 e. The van der Waals surface area contributed by atoms with Gasteiger partial charge >= 0.3 is 0 Å². The van der Waals surface area contributed by atoms with Crippen molar-refractivity contribution in [3.63, 3.8) is 0 Å². The van der Waals surface area contributed by atoms with E-state index >= 15 is 0 Å². The van der Waals surface area contributed by atoms with Gasteiger partial charge in [-0.25, -0.2) is 0 Å². The molecule has 2 aliphatic rings. The van der Waals surface area contributed by atoms with Crippen LogP contribution in [0.15, 0.2) is 0 Å². The van der Waals surface area contributed by atoms with E-state index < -0.39 is 0 Å². The van der Waals surface area contributed by atoms with Crippen LogP contribution in [0.5, 0.6) is 0 Å². The molecule has 0 radical (unpaired) electrons. The molecule has 3 N–H and O–H groups in total. The first kappa shape index (κ1) is 5.69. The van der Waals surface area contributed by atoms with Crippen molar-refractivity contribution in [3.05, 3.63) is 0 Å². The van der Waals surface area contributed by atoms with Gasteiger partial charge in [0, 0.05) is 18.1 Å². The maximum atomic E-state index is 5.72. The van der Waals surface area contributed by atoms with Gasteiger partial charge in [0.15, 0.2) is 0 Å². The zero-order valence-electron chi connectivity index (χ0n) is 5.69. The van der Waals surface area contributed by atoms with Gasteiger partial charge in [0.05, 0.1) is 0 Å². The Morgan fingerprint density at radius 2 is 2.11 bits per heavy atom. The Labute approximate surface area is 55.8 Å². The highest BCUT2D eigenvalue weighted by atomic mass is 15.1. The minimum absolute atomic E-state index is 0.427. The summed E-state index contributed by atoms with van der Waals surface area (Å²) in [6, 6.07) is 0.427. The fourth-order valence-corrected chi connectivity index (χ4v) is 1.58. The molecule has 2 fully saturated rings. The average Bonchev–Trinajstić information content (AvgIpc) is 2.60. The van der Waals surface area contributed by atoms with Crippen molar-refractivity contribution < 1.29 is 0 Å². The number of nitrogens with two attached hydrogens (primary N) is 1. The third-order valence-electron chi connectivity index (χ3n) is 2.59. The van der Waals surface area contributed by atoms with Gasteiger partial charge in [-0.05, 0) is 25.7 Å². The van der Waals surface area contributed by atoms with Crippen LogP contribution in [0.4, 0.5) is 0 Å². The van der Waals surface area contributed by atoms with Crippen LogP contribution in [0.1, 0.15) is 25.7 Å². The molecule has 0 aromatic carbocycles. The summed E-state index contributed by atoms with van der Waals surface area (Å²) < 4.78 is 0. The molecule has 1 aliphatic carbocycles. The topological polar surface area (TPSA) is 38.0 Å². The van der Waals surface area contributed by atoms with Crippen LogP contribution in [-0.4, -0.2) is 18.1 Å². The van der Waals surface area contributed by atoms with Crippen LogP contribution >= 0.6 is 0 Å². The molecular weight excluding hydrogens is 112 g/mol. The van der Waals surface area contributed by atoms with Crippen molar-refractivity contribution in [3.8, 4) is 0 Å². The predicted molar refractivity (Wildman–Crippen MR) is 37.2 cm³/mol. The Kier molecular flexibility index (Phi) is 1.08. The Morgan fingerprint density at radius 3 is 2.56 bits per heavy atom. The molecule has 0 aromatic heterocycles. The number of nitrogens with one attached hydrogen (secondary N) is 1. The summed E-state index contributed by atoms with van der Waals surface area (Å²) >= 11 is 0. The molecular formula is C7H14N2. The molecule has 2 rings (SSSR count). The summed E-state index contributed by atoms with van der Waals surface area (Å²) in [6.45, 7) is 1.04. The van der Waals surface area contributed by atoms with Crippen LogP contribution in [-0.2, 0) is 0 Å². The predicted octanol–water partition coefficient (Wildman–Crippen LogP) is 0.230. The first-order chi connectivity index (χ1) is 4.31. The van der Waals surface area contributed by atoms with Gasteiger partial charge in [-0.2, -0.15) is 0 Å². The van der Waals surface area contributed by atoms with Gasteiger partial charge < -0.3 is 11.1 Å². The molecule has 1 spiro atoms. The number of hydrogen-bond donors (Lipinski definition) is 2. The number of hydrogen-bond acceptors (Lipinski definition) is 2. The molecule has 0 aromatic rings. The first-order valence-corrected chi connectivity index (χ1v) is 3.81. The van der Waals surface area contributed by atoms with Crippen molar-refractivity contribution in [1.29, 1.82) is 0 Å². The fourth-order valence-electron chi connectivity index (χ4n) is 1.58. The van der Waals surface area contributed by atoms with Gasteiger partial charge in [0.25, 0.3) is 0 Å². The van der Waals surface area contributed by atoms with Gasteiger partial charge in [-0.15, -0.1) is 0 Å². The Morgan fingerprint density at radius 1 is 1.33 bits per heavy atom. The van der Waals surface area contributed by atoms with E-state index in [0.717, 1.165) is 6.54 Å². The second-order valence-corrected chi connectivity index (χ2v) is 3.46. The summed E-state index contributed by atoms with van der Waals surface area (Å²) in [5, 5.41) is 3.49. The average molecular weight is 126 g/mol. The third kappa shape index (κ3) is 0.970. The summed E-state index contributed by atoms with van der Waals surface area (Å²) in [5.41, 5.74) is 6.30. The summed E-state index contributed by atoms with van der Waals surface area (Å²) in [7, 11) is 0. The van der Waals surface area contributed by atoms with Crippen molar-refractivity contribution in [2.24, 2.45) is 5.73 Å². The highest BCUT2D eigenvalue weighted by molar-refractivity contribution is 5.05. The Balaban J connectivity index is 1.91. The highest BCUT2D eigenvalue weighted by Crippen LogP contribution is 2.41. The zero-order valence-corrected chi connectivity index (χ0v) is 5.69. The third-order valence-corrected chi connectivity index (χ3v) is 2.59. The number of rotatable bonds is 0. The smallest absolute Gasteiger partial charge is 0.0184 e. The molecule has 1 saturated carbocycles. The lowest BCUT2D eigenvalue weighted by Gasteiger charge is -2.27. The standard InChI is InChI=1S/C7H14N2/c8-6-1-2-7(3-4-7)9-5-6/h6,9H,1-5,8H2/t6-/m1/s1. The molecule has 2 heteroatoms. The first-order valence-electron chi connectivity index (χ1n) is 3.81. The summed E-state index contributed by atoms with van der Waals surface area (Å²) in [4.78, 5) is 0. The molecule has 9 heavy (non-hydrogen) atoms. The lowest BCUT2D eigenvalue weighted by molar-refractivity contribution is 0.350. The van der Waals surface area contributed by atoms with E-state index in [4.69, 9.17) is 5.73 Å². The molecule has 1 heterocycles. The van der Waals surface area contributed by atoms with Gasteiger partial charge in [0.1, 0.15) is 0 Å². The maximum absolute atomic E-state index is 5.72. The van der Waals surface area contributed by atoms with E-state index in [1.807, 2.05) is 0 Å².